The summed E-state index contributed by atoms with van der Waals surface area (Å²) < 4.78 is 2.32. The maximum atomic E-state index is 4.55. The molecule has 0 aliphatic carbocycles. The standard InChI is InChI=1S/C24H16N4/c1-3-7-21-18(5-1)19-6-2-4-8-22(19)28(21)17-11-9-16(10-12-17)23-24-20(13-14-25-23)26-15-27-24/h1-14H,15H2. The van der Waals surface area contributed by atoms with Gasteiger partial charge in [0.1, 0.15) is 12.0 Å². The van der Waals surface area contributed by atoms with Crippen molar-refractivity contribution in [2.45, 2.75) is 0 Å². The summed E-state index contributed by atoms with van der Waals surface area (Å²) in [4.78, 5) is 13.4. The van der Waals surface area contributed by atoms with Crippen molar-refractivity contribution in [1.82, 2.24) is 9.55 Å². The molecule has 0 saturated heterocycles. The lowest BCUT2D eigenvalue weighted by atomic mass is 10.1. The summed E-state index contributed by atoms with van der Waals surface area (Å²) in [7, 11) is 0. The van der Waals surface area contributed by atoms with Crippen LogP contribution in [0.4, 0.5) is 0 Å². The van der Waals surface area contributed by atoms with E-state index in [0.29, 0.717) is 6.67 Å². The maximum Gasteiger partial charge on any atom is 0.131 e. The van der Waals surface area contributed by atoms with Crippen LogP contribution in [0.15, 0.2) is 95.0 Å². The van der Waals surface area contributed by atoms with Gasteiger partial charge in [-0.15, -0.1) is 0 Å². The number of hydrogen-bond donors (Lipinski definition) is 0. The second-order valence-corrected chi connectivity index (χ2v) is 6.90. The van der Waals surface area contributed by atoms with Gasteiger partial charge in [0.25, 0.3) is 0 Å². The van der Waals surface area contributed by atoms with Crippen LogP contribution in [0.3, 0.4) is 0 Å². The van der Waals surface area contributed by atoms with Gasteiger partial charge < -0.3 is 4.57 Å². The van der Waals surface area contributed by atoms with Crippen LogP contribution in [-0.2, 0) is 0 Å². The lowest BCUT2D eigenvalue weighted by Gasteiger charge is -2.09. The zero-order valence-corrected chi connectivity index (χ0v) is 15.1. The van der Waals surface area contributed by atoms with Gasteiger partial charge >= 0.3 is 0 Å². The second kappa shape index (κ2) is 5.86. The molecule has 1 aliphatic rings. The van der Waals surface area contributed by atoms with E-state index < -0.39 is 0 Å². The van der Waals surface area contributed by atoms with E-state index >= 15 is 0 Å². The van der Waals surface area contributed by atoms with E-state index in [1.165, 1.54) is 21.8 Å². The minimum absolute atomic E-state index is 0.494. The lowest BCUT2D eigenvalue weighted by Crippen LogP contribution is -2.24. The summed E-state index contributed by atoms with van der Waals surface area (Å²) in [5, 5.41) is 4.36. The van der Waals surface area contributed by atoms with Crippen LogP contribution in [0, 0.1) is 0 Å². The van der Waals surface area contributed by atoms with E-state index in [-0.39, 0.29) is 0 Å². The third-order valence-electron chi connectivity index (χ3n) is 5.35. The van der Waals surface area contributed by atoms with Gasteiger partial charge in [-0.05, 0) is 30.3 Å². The van der Waals surface area contributed by atoms with Gasteiger partial charge in [-0.25, -0.2) is 0 Å². The molecule has 0 N–H and O–H groups in total. The average Bonchev–Trinajstić information content (AvgIpc) is 3.36. The van der Waals surface area contributed by atoms with Gasteiger partial charge in [-0.1, -0.05) is 48.5 Å². The van der Waals surface area contributed by atoms with Crippen molar-refractivity contribution in [2.24, 2.45) is 9.98 Å². The van der Waals surface area contributed by atoms with E-state index in [0.717, 1.165) is 27.7 Å². The summed E-state index contributed by atoms with van der Waals surface area (Å²) in [6.45, 7) is 0.494. The topological polar surface area (TPSA) is 42.5 Å². The van der Waals surface area contributed by atoms with E-state index in [2.05, 4.69) is 92.3 Å². The molecule has 2 aromatic heterocycles. The monoisotopic (exact) mass is 360 g/mol. The van der Waals surface area contributed by atoms with Gasteiger partial charge in [-0.2, -0.15) is 0 Å². The van der Waals surface area contributed by atoms with Crippen molar-refractivity contribution in [3.63, 3.8) is 0 Å². The third kappa shape index (κ3) is 2.15. The molecule has 0 radical (unpaired) electrons. The molecular formula is C24H16N4. The second-order valence-electron chi connectivity index (χ2n) is 6.90. The molecule has 1 aliphatic heterocycles. The molecule has 0 fully saturated rings. The van der Waals surface area contributed by atoms with Crippen molar-refractivity contribution in [3.8, 4) is 16.9 Å². The van der Waals surface area contributed by atoms with Crippen LogP contribution in [0.5, 0.6) is 0 Å². The Morgan fingerprint density at radius 2 is 1.36 bits per heavy atom. The molecule has 28 heavy (non-hydrogen) atoms. The highest BCUT2D eigenvalue weighted by molar-refractivity contribution is 6.09. The Hall–Kier alpha value is -3.79. The fourth-order valence-corrected chi connectivity index (χ4v) is 4.09. The number of nitrogens with zero attached hydrogens (tertiary/aromatic N) is 4. The van der Waals surface area contributed by atoms with Crippen molar-refractivity contribution in [2.75, 3.05) is 6.67 Å². The summed E-state index contributed by atoms with van der Waals surface area (Å²) >= 11 is 0. The average molecular weight is 360 g/mol. The van der Waals surface area contributed by atoms with Crippen LogP contribution in [0.25, 0.3) is 38.8 Å². The van der Waals surface area contributed by atoms with Crippen molar-refractivity contribution >= 4 is 21.8 Å². The molecular weight excluding hydrogens is 344 g/mol. The number of fused-ring (bicyclic) bond motifs is 4. The maximum absolute atomic E-state index is 4.55. The normalized spacial score (nSPS) is 12.7. The molecule has 3 aromatic carbocycles. The highest BCUT2D eigenvalue weighted by atomic mass is 15.0. The highest BCUT2D eigenvalue weighted by Crippen LogP contribution is 2.32. The van der Waals surface area contributed by atoms with Crippen molar-refractivity contribution in [3.05, 3.63) is 95.8 Å². The smallest absolute Gasteiger partial charge is 0.131 e. The molecule has 3 heterocycles. The first-order valence-electron chi connectivity index (χ1n) is 9.33. The van der Waals surface area contributed by atoms with E-state index in [1.807, 2.05) is 6.07 Å². The van der Waals surface area contributed by atoms with Gasteiger partial charge in [0.2, 0.25) is 0 Å². The van der Waals surface area contributed by atoms with Crippen molar-refractivity contribution < 1.29 is 0 Å². The zero-order valence-electron chi connectivity index (χ0n) is 15.1. The van der Waals surface area contributed by atoms with Crippen LogP contribution in [0.2, 0.25) is 0 Å². The largest absolute Gasteiger partial charge is 0.309 e. The first-order valence-corrected chi connectivity index (χ1v) is 9.33. The SMILES string of the molecule is c1ccc2c(c1)c1ccccc1n2-c1ccc(-c2nccc3c2=NCN=3)cc1. The summed E-state index contributed by atoms with van der Waals surface area (Å²) in [6, 6.07) is 27.6. The van der Waals surface area contributed by atoms with Gasteiger partial charge in [-0.3, -0.25) is 15.0 Å². The number of rotatable bonds is 2. The molecule has 0 atom stereocenters. The number of benzene rings is 3. The minimum atomic E-state index is 0.494. The fraction of sp³-hybridized carbons (Fsp3) is 0.0417. The molecule has 4 nitrogen and oxygen atoms in total. The van der Waals surface area contributed by atoms with Crippen LogP contribution in [0.1, 0.15) is 0 Å². The molecule has 0 amide bonds. The highest BCUT2D eigenvalue weighted by Gasteiger charge is 2.12. The summed E-state index contributed by atoms with van der Waals surface area (Å²) in [6.07, 6.45) is 1.80. The summed E-state index contributed by atoms with van der Waals surface area (Å²) in [5.41, 5.74) is 5.51. The first kappa shape index (κ1) is 15.3. The van der Waals surface area contributed by atoms with Gasteiger partial charge in [0.15, 0.2) is 0 Å². The first-order chi connectivity index (χ1) is 13.9. The van der Waals surface area contributed by atoms with Crippen LogP contribution < -0.4 is 10.7 Å². The zero-order chi connectivity index (χ0) is 18.5. The van der Waals surface area contributed by atoms with E-state index in [9.17, 15) is 0 Å². The van der Waals surface area contributed by atoms with Gasteiger partial charge in [0.05, 0.1) is 22.1 Å². The third-order valence-corrected chi connectivity index (χ3v) is 5.35. The number of para-hydroxylation sites is 2. The predicted octanol–water partition coefficient (Wildman–Crippen LogP) is 4.06. The van der Waals surface area contributed by atoms with Crippen LogP contribution >= 0.6 is 0 Å². The fourth-order valence-electron chi connectivity index (χ4n) is 4.09. The Bertz CT molecular complexity index is 1420. The Morgan fingerprint density at radius 1 is 0.679 bits per heavy atom. The number of aromatic nitrogens is 2. The molecule has 4 heteroatoms. The Labute approximate surface area is 161 Å². The Balaban J connectivity index is 1.56. The van der Waals surface area contributed by atoms with Crippen LogP contribution in [-0.4, -0.2) is 16.2 Å². The predicted molar refractivity (Wildman–Crippen MR) is 111 cm³/mol. The Morgan fingerprint density at radius 3 is 2.07 bits per heavy atom. The molecule has 0 saturated carbocycles. The minimum Gasteiger partial charge on any atom is -0.309 e. The van der Waals surface area contributed by atoms with Gasteiger partial charge in [0, 0.05) is 28.2 Å². The molecule has 6 rings (SSSR count). The van der Waals surface area contributed by atoms with Crippen molar-refractivity contribution in [1.29, 1.82) is 0 Å². The van der Waals surface area contributed by atoms with E-state index in [4.69, 9.17) is 0 Å². The lowest BCUT2D eigenvalue weighted by molar-refractivity contribution is 1.06. The quantitative estimate of drug-likeness (QED) is 0.468. The molecule has 0 bridgehead atoms. The molecule has 5 aromatic rings. The summed E-state index contributed by atoms with van der Waals surface area (Å²) in [5.74, 6) is 0. The number of hydrogen-bond acceptors (Lipinski definition) is 3. The molecule has 132 valence electrons. The number of pyridine rings is 1. The Kier molecular flexibility index (Phi) is 3.20. The molecule has 0 unspecified atom stereocenters. The van der Waals surface area contributed by atoms with E-state index in [1.54, 1.807) is 6.20 Å². The molecule has 0 spiro atoms.